The molecule has 2 amide bonds. The van der Waals surface area contributed by atoms with Crippen LogP contribution in [0.3, 0.4) is 0 Å². The Balaban J connectivity index is 1.23. The Hall–Kier alpha value is -2.76. The van der Waals surface area contributed by atoms with Crippen molar-refractivity contribution in [2.75, 3.05) is 0 Å². The first-order valence-corrected chi connectivity index (χ1v) is 11.7. The van der Waals surface area contributed by atoms with Gasteiger partial charge < -0.3 is 30.1 Å². The highest BCUT2D eigenvalue weighted by Gasteiger charge is 2.56. The van der Waals surface area contributed by atoms with Gasteiger partial charge >= 0.3 is 0 Å². The predicted molar refractivity (Wildman–Crippen MR) is 117 cm³/mol. The molecule has 2 bridgehead atoms. The summed E-state index contributed by atoms with van der Waals surface area (Å²) < 4.78 is 36.0. The Morgan fingerprint density at radius 3 is 2.54 bits per heavy atom. The molecule has 12 heteroatoms. The van der Waals surface area contributed by atoms with Gasteiger partial charge in [-0.2, -0.15) is 0 Å². The molecule has 35 heavy (non-hydrogen) atoms. The lowest BCUT2D eigenvalue weighted by molar-refractivity contribution is -0.139. The number of amides is 2. The highest BCUT2D eigenvalue weighted by atomic mass is 35.5. The van der Waals surface area contributed by atoms with Gasteiger partial charge in [0, 0.05) is 28.6 Å². The molecule has 3 atom stereocenters. The van der Waals surface area contributed by atoms with Gasteiger partial charge in [-0.05, 0) is 50.3 Å². The van der Waals surface area contributed by atoms with Crippen LogP contribution in [-0.4, -0.2) is 50.5 Å². The number of benzene rings is 1. The summed E-state index contributed by atoms with van der Waals surface area (Å²) in [6.07, 6.45) is -3.76. The molecule has 3 fully saturated rings. The van der Waals surface area contributed by atoms with Gasteiger partial charge in [0.2, 0.25) is 5.76 Å². The van der Waals surface area contributed by atoms with Crippen LogP contribution in [0.2, 0.25) is 5.02 Å². The fourth-order valence-corrected chi connectivity index (χ4v) is 5.55. The summed E-state index contributed by atoms with van der Waals surface area (Å²) in [5.74, 6) is -1.07. The smallest absolute Gasteiger partial charge is 0.290 e. The number of carbonyl (C=O) groups excluding carboxylic acids is 2. The van der Waals surface area contributed by atoms with Gasteiger partial charge in [0.05, 0.1) is 17.7 Å². The van der Waals surface area contributed by atoms with E-state index in [2.05, 4.69) is 15.8 Å². The van der Waals surface area contributed by atoms with Crippen LogP contribution in [0.15, 0.2) is 28.8 Å². The van der Waals surface area contributed by atoms with Crippen molar-refractivity contribution < 1.29 is 37.8 Å². The van der Waals surface area contributed by atoms with E-state index in [1.807, 2.05) is 0 Å². The van der Waals surface area contributed by atoms with Crippen molar-refractivity contribution in [3.63, 3.8) is 0 Å². The number of hydrogen-bond acceptors (Lipinski definition) is 7. The van der Waals surface area contributed by atoms with E-state index in [0.717, 1.165) is 6.07 Å². The number of aliphatic hydroxyl groups excluding tert-OH is 2. The minimum Gasteiger partial charge on any atom is -0.480 e. The Morgan fingerprint density at radius 1 is 1.14 bits per heavy atom. The molecule has 2 heterocycles. The summed E-state index contributed by atoms with van der Waals surface area (Å²) in [5, 5.41) is 30.8. The topological polar surface area (TPSA) is 134 Å². The highest BCUT2D eigenvalue weighted by Crippen LogP contribution is 2.47. The number of rotatable bonds is 5. The zero-order chi connectivity index (χ0) is 25.0. The SMILES string of the molecule is O=C(NC12CCC(NC(=O)[C@H]3C[C@@H](O)c4cc(Cl)ccc4O3)(CC1)[C@@H](O)C2)c1cc(C(F)F)no1. The van der Waals surface area contributed by atoms with E-state index in [4.69, 9.17) is 20.9 Å². The first kappa shape index (κ1) is 24.0. The fourth-order valence-electron chi connectivity index (χ4n) is 5.37. The number of nitrogens with zero attached hydrogens (tertiary/aromatic N) is 1. The van der Waals surface area contributed by atoms with Crippen molar-refractivity contribution in [3.8, 4) is 5.75 Å². The maximum atomic E-state index is 13.1. The summed E-state index contributed by atoms with van der Waals surface area (Å²) in [4.78, 5) is 25.6. The zero-order valence-corrected chi connectivity index (χ0v) is 19.2. The van der Waals surface area contributed by atoms with Gasteiger partial charge in [-0.25, -0.2) is 8.78 Å². The zero-order valence-electron chi connectivity index (χ0n) is 18.5. The third-order valence-electron chi connectivity index (χ3n) is 7.38. The lowest BCUT2D eigenvalue weighted by atomic mass is 9.59. The Morgan fingerprint density at radius 2 is 1.89 bits per heavy atom. The first-order valence-electron chi connectivity index (χ1n) is 11.3. The van der Waals surface area contributed by atoms with Crippen LogP contribution < -0.4 is 15.4 Å². The van der Waals surface area contributed by atoms with Gasteiger partial charge in [-0.1, -0.05) is 16.8 Å². The molecular formula is C23H24ClF2N3O6. The second-order valence-electron chi connectivity index (χ2n) is 9.56. The Bertz CT molecular complexity index is 1150. The van der Waals surface area contributed by atoms with Crippen molar-refractivity contribution >= 4 is 23.4 Å². The lowest BCUT2D eigenvalue weighted by Crippen LogP contribution is -2.71. The molecule has 0 saturated heterocycles. The minimum absolute atomic E-state index is 0.0448. The number of aromatic nitrogens is 1. The number of nitrogens with one attached hydrogen (secondary N) is 2. The van der Waals surface area contributed by atoms with Gasteiger partial charge in [0.1, 0.15) is 5.75 Å². The van der Waals surface area contributed by atoms with Crippen molar-refractivity contribution in [2.45, 2.75) is 74.3 Å². The maximum absolute atomic E-state index is 13.1. The number of alkyl halides is 2. The molecule has 0 spiro atoms. The van der Waals surface area contributed by atoms with Gasteiger partial charge in [0.25, 0.3) is 18.2 Å². The van der Waals surface area contributed by atoms with E-state index >= 15 is 0 Å². The third kappa shape index (κ3) is 4.36. The molecular weight excluding hydrogens is 488 g/mol. The summed E-state index contributed by atoms with van der Waals surface area (Å²) in [7, 11) is 0. The monoisotopic (exact) mass is 511 g/mol. The molecule has 9 nitrogen and oxygen atoms in total. The van der Waals surface area contributed by atoms with Crippen molar-refractivity contribution in [2.24, 2.45) is 0 Å². The van der Waals surface area contributed by atoms with Crippen LogP contribution in [0, 0.1) is 0 Å². The summed E-state index contributed by atoms with van der Waals surface area (Å²) in [6.45, 7) is 0. The van der Waals surface area contributed by atoms with E-state index in [1.54, 1.807) is 18.2 Å². The normalized spacial score (nSPS) is 31.5. The largest absolute Gasteiger partial charge is 0.480 e. The predicted octanol–water partition coefficient (Wildman–Crippen LogP) is 2.81. The van der Waals surface area contributed by atoms with E-state index in [-0.39, 0.29) is 18.6 Å². The standard InChI is InChI=1S/C23H24ClF2N3O6/c24-11-1-2-15-12(7-11)14(30)9-16(34-15)20(32)28-23-5-3-22(4-6-23,10-18(23)31)27-21(33)17-8-13(19(25)26)29-35-17/h1-2,7-8,14,16,18-19,30-31H,3-6,9-10H2,(H,27,33)(H,28,32)/t14-,16-,18+,22?,23?/m1/s1. The van der Waals surface area contributed by atoms with Crippen LogP contribution in [-0.2, 0) is 4.79 Å². The van der Waals surface area contributed by atoms with Crippen molar-refractivity contribution in [1.29, 1.82) is 0 Å². The number of halogens is 3. The maximum Gasteiger partial charge on any atom is 0.290 e. The Kier molecular flexibility index (Phi) is 5.97. The van der Waals surface area contributed by atoms with Crippen LogP contribution in [0.25, 0.3) is 0 Å². The first-order chi connectivity index (χ1) is 16.6. The summed E-state index contributed by atoms with van der Waals surface area (Å²) >= 11 is 5.98. The third-order valence-corrected chi connectivity index (χ3v) is 7.61. The number of ether oxygens (including phenoxy) is 1. The van der Waals surface area contributed by atoms with Crippen LogP contribution >= 0.6 is 11.6 Å². The van der Waals surface area contributed by atoms with E-state index in [9.17, 15) is 28.6 Å². The fraction of sp³-hybridized carbons (Fsp3) is 0.522. The molecule has 0 radical (unpaired) electrons. The van der Waals surface area contributed by atoms with Crippen LogP contribution in [0.5, 0.6) is 5.75 Å². The van der Waals surface area contributed by atoms with Gasteiger partial charge in [-0.3, -0.25) is 9.59 Å². The molecule has 2 aromatic rings. The molecule has 1 aliphatic heterocycles. The number of hydrogen-bond donors (Lipinski definition) is 4. The molecule has 4 aliphatic rings. The van der Waals surface area contributed by atoms with Crippen LogP contribution in [0.4, 0.5) is 8.78 Å². The molecule has 0 unspecified atom stereocenters. The van der Waals surface area contributed by atoms with Crippen LogP contribution in [0.1, 0.15) is 72.9 Å². The summed E-state index contributed by atoms with van der Waals surface area (Å²) in [5.41, 5.74) is -1.76. The summed E-state index contributed by atoms with van der Waals surface area (Å²) in [6, 6.07) is 5.71. The van der Waals surface area contributed by atoms with E-state index in [0.29, 0.717) is 42.0 Å². The second-order valence-corrected chi connectivity index (χ2v) is 9.99. The molecule has 1 aromatic heterocycles. The van der Waals surface area contributed by atoms with Crippen molar-refractivity contribution in [1.82, 2.24) is 15.8 Å². The van der Waals surface area contributed by atoms with Gasteiger partial charge in [0.15, 0.2) is 11.8 Å². The number of aliphatic hydroxyl groups is 2. The molecule has 3 saturated carbocycles. The number of fused-ring (bicyclic) bond motifs is 4. The van der Waals surface area contributed by atoms with E-state index in [1.165, 1.54) is 0 Å². The second kappa shape index (κ2) is 8.72. The Labute approximate surface area is 203 Å². The molecule has 6 rings (SSSR count). The lowest BCUT2D eigenvalue weighted by Gasteiger charge is -2.56. The van der Waals surface area contributed by atoms with E-state index < -0.39 is 53.3 Å². The van der Waals surface area contributed by atoms with Crippen molar-refractivity contribution in [3.05, 3.63) is 46.3 Å². The quantitative estimate of drug-likeness (QED) is 0.485. The van der Waals surface area contributed by atoms with Gasteiger partial charge in [-0.15, -0.1) is 0 Å². The average Bonchev–Trinajstić information content (AvgIpc) is 3.32. The molecule has 3 aliphatic carbocycles. The number of carbonyl (C=O) groups is 2. The molecule has 4 N–H and O–H groups in total. The molecule has 188 valence electrons. The average molecular weight is 512 g/mol. The molecule has 1 aromatic carbocycles. The highest BCUT2D eigenvalue weighted by molar-refractivity contribution is 6.30. The minimum atomic E-state index is -2.85.